The number of hydroxylamine groups is 1. The fourth-order valence-electron chi connectivity index (χ4n) is 4.87. The van der Waals surface area contributed by atoms with E-state index in [9.17, 15) is 18.4 Å². The van der Waals surface area contributed by atoms with Crippen molar-refractivity contribution >= 4 is 27.7 Å². The Morgan fingerprint density at radius 2 is 1.79 bits per heavy atom. The Balaban J connectivity index is 2.34. The topological polar surface area (TPSA) is 86.7 Å². The quantitative estimate of drug-likeness (QED) is 0.207. The Morgan fingerprint density at radius 3 is 2.45 bits per heavy atom. The largest absolute Gasteiger partial charge is 0.289 e. The Kier molecular flexibility index (Phi) is 11.2. The minimum absolute atomic E-state index is 0.171. The highest BCUT2D eigenvalue weighted by Crippen LogP contribution is 2.40. The van der Waals surface area contributed by atoms with E-state index < -0.39 is 26.7 Å². The van der Waals surface area contributed by atoms with E-state index >= 15 is 0 Å². The highest BCUT2D eigenvalue weighted by molar-refractivity contribution is 8.01. The van der Waals surface area contributed by atoms with Crippen LogP contribution in [0.5, 0.6) is 0 Å². The predicted molar refractivity (Wildman–Crippen MR) is 136 cm³/mol. The molecule has 0 radical (unpaired) electrons. The fourth-order valence-corrected chi connectivity index (χ4v) is 8.27. The van der Waals surface area contributed by atoms with E-state index in [0.717, 1.165) is 31.2 Å². The summed E-state index contributed by atoms with van der Waals surface area (Å²) in [5, 5.41) is 9.33. The molecule has 2 N–H and O–H groups in total. The third kappa shape index (κ3) is 7.20. The van der Waals surface area contributed by atoms with Gasteiger partial charge >= 0.3 is 0 Å². The van der Waals surface area contributed by atoms with E-state index in [1.54, 1.807) is 29.4 Å². The van der Waals surface area contributed by atoms with E-state index in [1.807, 2.05) is 26.0 Å². The second-order valence-corrected chi connectivity index (χ2v) is 13.1. The molecule has 33 heavy (non-hydrogen) atoms. The van der Waals surface area contributed by atoms with Gasteiger partial charge in [-0.3, -0.25) is 10.0 Å². The van der Waals surface area contributed by atoms with Crippen LogP contribution in [-0.2, 0) is 14.8 Å². The zero-order valence-corrected chi connectivity index (χ0v) is 22.3. The number of nitrogens with one attached hydrogen (secondary N) is 1. The lowest BCUT2D eigenvalue weighted by Crippen LogP contribution is -2.61. The number of carbonyl (C=O) groups excluding carboxylic acids is 1. The van der Waals surface area contributed by atoms with Crippen molar-refractivity contribution in [1.82, 2.24) is 9.79 Å². The first kappa shape index (κ1) is 28.1. The van der Waals surface area contributed by atoms with Crippen LogP contribution in [0.15, 0.2) is 29.2 Å². The lowest BCUT2D eigenvalue weighted by molar-refractivity contribution is -0.134. The van der Waals surface area contributed by atoms with Crippen LogP contribution < -0.4 is 5.48 Å². The summed E-state index contributed by atoms with van der Waals surface area (Å²) in [6.07, 6.45) is 10.1. The summed E-state index contributed by atoms with van der Waals surface area (Å²) in [7, 11) is -3.93. The molecular formula is C25H42N2O4S2. The third-order valence-corrected chi connectivity index (χ3v) is 9.87. The molecule has 6 nitrogen and oxygen atoms in total. The summed E-state index contributed by atoms with van der Waals surface area (Å²) in [5.41, 5.74) is 2.55. The molecule has 1 aliphatic heterocycles. The standard InChI is InChI=1S/C25H42N2O4S2/c1-5-7-8-9-10-11-15-20(14-6-2)21-16-12-13-17-22(21)33(30,31)27-18-19-32-25(3,4)23(27)24(28)26-29/h12-13,16-17,20,23,29H,5-11,14-15,18-19H2,1-4H3,(H,26,28). The minimum Gasteiger partial charge on any atom is -0.289 e. The summed E-state index contributed by atoms with van der Waals surface area (Å²) in [4.78, 5) is 12.9. The lowest BCUT2D eigenvalue weighted by Gasteiger charge is -2.43. The van der Waals surface area contributed by atoms with Gasteiger partial charge in [0.25, 0.3) is 5.91 Å². The second-order valence-electron chi connectivity index (χ2n) is 9.53. The Morgan fingerprint density at radius 1 is 1.12 bits per heavy atom. The van der Waals surface area contributed by atoms with Gasteiger partial charge in [-0.1, -0.05) is 77.0 Å². The maximum Gasteiger partial charge on any atom is 0.263 e. The molecule has 1 saturated heterocycles. The van der Waals surface area contributed by atoms with Gasteiger partial charge in [0.2, 0.25) is 10.0 Å². The number of benzene rings is 1. The number of sulfonamides is 1. The monoisotopic (exact) mass is 498 g/mol. The predicted octanol–water partition coefficient (Wildman–Crippen LogP) is 5.71. The van der Waals surface area contributed by atoms with Gasteiger partial charge in [0, 0.05) is 17.0 Å². The molecule has 0 aliphatic carbocycles. The number of unbranched alkanes of at least 4 members (excludes halogenated alkanes) is 5. The van der Waals surface area contributed by atoms with Crippen molar-refractivity contribution in [3.05, 3.63) is 29.8 Å². The van der Waals surface area contributed by atoms with Crippen molar-refractivity contribution in [1.29, 1.82) is 0 Å². The molecule has 2 unspecified atom stereocenters. The van der Waals surface area contributed by atoms with Gasteiger partial charge in [-0.25, -0.2) is 13.9 Å². The Bertz CT molecular complexity index is 858. The van der Waals surface area contributed by atoms with Crippen LogP contribution >= 0.6 is 11.8 Å². The summed E-state index contributed by atoms with van der Waals surface area (Å²) in [5.74, 6) is 0.0784. The van der Waals surface area contributed by atoms with Crippen LogP contribution in [-0.4, -0.2) is 46.9 Å². The second kappa shape index (κ2) is 13.1. The highest BCUT2D eigenvalue weighted by Gasteiger charge is 2.48. The number of rotatable bonds is 13. The molecule has 0 spiro atoms. The molecule has 188 valence electrons. The normalized spacial score (nSPS) is 19.8. The Hall–Kier alpha value is -1.09. The average Bonchev–Trinajstić information content (AvgIpc) is 2.79. The smallest absolute Gasteiger partial charge is 0.263 e. The number of hydrogen-bond donors (Lipinski definition) is 2. The molecule has 2 rings (SSSR count). The van der Waals surface area contributed by atoms with E-state index in [0.29, 0.717) is 10.6 Å². The van der Waals surface area contributed by atoms with Crippen molar-refractivity contribution in [2.75, 3.05) is 12.3 Å². The fraction of sp³-hybridized carbons (Fsp3) is 0.720. The lowest BCUT2D eigenvalue weighted by atomic mass is 9.89. The molecular weight excluding hydrogens is 456 g/mol. The van der Waals surface area contributed by atoms with Gasteiger partial charge in [0.05, 0.1) is 4.90 Å². The summed E-state index contributed by atoms with van der Waals surface area (Å²) < 4.78 is 28.5. The molecule has 1 fully saturated rings. The maximum absolute atomic E-state index is 13.9. The number of amides is 1. The van der Waals surface area contributed by atoms with E-state index in [1.165, 1.54) is 36.4 Å². The van der Waals surface area contributed by atoms with Crippen LogP contribution in [0.4, 0.5) is 0 Å². The molecule has 0 aromatic heterocycles. The zero-order valence-electron chi connectivity index (χ0n) is 20.7. The van der Waals surface area contributed by atoms with Gasteiger partial charge in [-0.05, 0) is 44.2 Å². The molecule has 0 bridgehead atoms. The maximum atomic E-state index is 13.9. The van der Waals surface area contributed by atoms with Gasteiger partial charge in [0.1, 0.15) is 6.04 Å². The molecule has 1 aliphatic rings. The van der Waals surface area contributed by atoms with E-state index in [4.69, 9.17) is 0 Å². The van der Waals surface area contributed by atoms with Gasteiger partial charge < -0.3 is 0 Å². The van der Waals surface area contributed by atoms with E-state index in [2.05, 4.69) is 13.8 Å². The molecule has 2 atom stereocenters. The van der Waals surface area contributed by atoms with Crippen LogP contribution in [0.1, 0.15) is 97.0 Å². The van der Waals surface area contributed by atoms with Crippen LogP contribution in [0, 0.1) is 0 Å². The van der Waals surface area contributed by atoms with Crippen molar-refractivity contribution in [3.8, 4) is 0 Å². The Labute approximate surface area is 204 Å². The molecule has 0 saturated carbocycles. The van der Waals surface area contributed by atoms with E-state index in [-0.39, 0.29) is 12.5 Å². The minimum atomic E-state index is -3.93. The van der Waals surface area contributed by atoms with Gasteiger partial charge in [-0.15, -0.1) is 0 Å². The van der Waals surface area contributed by atoms with Crippen LogP contribution in [0.25, 0.3) is 0 Å². The van der Waals surface area contributed by atoms with Crippen LogP contribution in [0.2, 0.25) is 0 Å². The zero-order chi connectivity index (χ0) is 24.5. The number of hydrogen-bond acceptors (Lipinski definition) is 5. The summed E-state index contributed by atoms with van der Waals surface area (Å²) in [6.45, 7) is 8.29. The van der Waals surface area contributed by atoms with Crippen molar-refractivity contribution in [2.45, 2.75) is 107 Å². The van der Waals surface area contributed by atoms with Crippen molar-refractivity contribution < 1.29 is 18.4 Å². The summed E-state index contributed by atoms with van der Waals surface area (Å²) >= 11 is 1.55. The first-order chi connectivity index (χ1) is 15.7. The molecule has 1 aromatic rings. The first-order valence-corrected chi connectivity index (χ1v) is 14.8. The highest BCUT2D eigenvalue weighted by atomic mass is 32.2. The van der Waals surface area contributed by atoms with Gasteiger partial charge in [0.15, 0.2) is 0 Å². The number of thioether (sulfide) groups is 1. The molecule has 1 aromatic carbocycles. The number of nitrogens with zero attached hydrogens (tertiary/aromatic N) is 1. The van der Waals surface area contributed by atoms with Crippen molar-refractivity contribution in [2.24, 2.45) is 0 Å². The summed E-state index contributed by atoms with van der Waals surface area (Å²) in [6, 6.07) is 6.30. The SMILES string of the molecule is CCCCCCCCC(CCC)c1ccccc1S(=O)(=O)N1CCSC(C)(C)C1C(=O)NO. The van der Waals surface area contributed by atoms with Gasteiger partial charge in [-0.2, -0.15) is 16.1 Å². The third-order valence-electron chi connectivity index (χ3n) is 6.58. The first-order valence-electron chi connectivity index (χ1n) is 12.4. The average molecular weight is 499 g/mol. The molecule has 1 amide bonds. The number of carbonyl (C=O) groups is 1. The molecule has 8 heteroatoms. The van der Waals surface area contributed by atoms with Crippen LogP contribution in [0.3, 0.4) is 0 Å². The molecule has 1 heterocycles. The van der Waals surface area contributed by atoms with Crippen molar-refractivity contribution in [3.63, 3.8) is 0 Å².